The molecule has 102 valence electrons. The van der Waals surface area contributed by atoms with Gasteiger partial charge < -0.3 is 5.73 Å². The molecule has 5 heteroatoms. The Balaban J connectivity index is 1.64. The van der Waals surface area contributed by atoms with Crippen LogP contribution in [0.3, 0.4) is 0 Å². The van der Waals surface area contributed by atoms with Crippen LogP contribution in [0.5, 0.6) is 0 Å². The predicted molar refractivity (Wildman–Crippen MR) is 88.1 cm³/mol. The van der Waals surface area contributed by atoms with E-state index in [1.165, 1.54) is 25.7 Å². The van der Waals surface area contributed by atoms with Gasteiger partial charge in [0.15, 0.2) is 0 Å². The van der Waals surface area contributed by atoms with E-state index < -0.39 is 0 Å². The van der Waals surface area contributed by atoms with Crippen molar-refractivity contribution in [1.82, 2.24) is 0 Å². The molecule has 18 heavy (non-hydrogen) atoms. The molecule has 0 spiro atoms. The van der Waals surface area contributed by atoms with Gasteiger partial charge in [-0.3, -0.25) is 0 Å². The fourth-order valence-electron chi connectivity index (χ4n) is 4.38. The minimum absolute atomic E-state index is 0.466. The molecule has 2 aliphatic heterocycles. The fourth-order valence-corrected chi connectivity index (χ4v) is 12.8. The van der Waals surface area contributed by atoms with E-state index in [1.807, 2.05) is 0 Å². The molecule has 0 aromatic heterocycles. The SMILES string of the molecule is CC1CC2SSC3CC(N)CC4SSC(C1)C2C34. The van der Waals surface area contributed by atoms with E-state index in [0.717, 1.165) is 38.8 Å². The van der Waals surface area contributed by atoms with Crippen molar-refractivity contribution in [2.75, 3.05) is 0 Å². The molecular formula is C13H21NS4. The molecule has 2 heterocycles. The molecule has 4 rings (SSSR count). The van der Waals surface area contributed by atoms with Crippen LogP contribution in [0.2, 0.25) is 0 Å². The van der Waals surface area contributed by atoms with Crippen LogP contribution in [0.15, 0.2) is 0 Å². The summed E-state index contributed by atoms with van der Waals surface area (Å²) >= 11 is 0. The lowest BCUT2D eigenvalue weighted by Gasteiger charge is -2.57. The van der Waals surface area contributed by atoms with Crippen LogP contribution in [0, 0.1) is 17.8 Å². The van der Waals surface area contributed by atoms with Crippen molar-refractivity contribution < 1.29 is 0 Å². The van der Waals surface area contributed by atoms with E-state index in [0.29, 0.717) is 6.04 Å². The van der Waals surface area contributed by atoms with Gasteiger partial charge in [-0.25, -0.2) is 0 Å². The molecule has 2 saturated carbocycles. The topological polar surface area (TPSA) is 26.0 Å². The molecule has 1 nitrogen and oxygen atoms in total. The predicted octanol–water partition coefficient (Wildman–Crippen LogP) is 4.03. The van der Waals surface area contributed by atoms with Gasteiger partial charge in [0.2, 0.25) is 0 Å². The van der Waals surface area contributed by atoms with E-state index in [4.69, 9.17) is 5.73 Å². The maximum absolute atomic E-state index is 6.27. The highest BCUT2D eigenvalue weighted by molar-refractivity contribution is 8.78. The van der Waals surface area contributed by atoms with Crippen LogP contribution in [-0.2, 0) is 0 Å². The molecule has 4 aliphatic rings. The van der Waals surface area contributed by atoms with Crippen molar-refractivity contribution >= 4 is 43.2 Å². The lowest BCUT2D eigenvalue weighted by Crippen LogP contribution is -2.55. The van der Waals surface area contributed by atoms with Gasteiger partial charge in [0.1, 0.15) is 0 Å². The molecule has 0 radical (unpaired) electrons. The Bertz CT molecular complexity index is 279. The van der Waals surface area contributed by atoms with E-state index in [1.54, 1.807) is 0 Å². The number of nitrogens with two attached hydrogens (primary N) is 1. The molecule has 0 aromatic rings. The second-order valence-corrected chi connectivity index (χ2v) is 12.0. The Morgan fingerprint density at radius 3 is 1.56 bits per heavy atom. The van der Waals surface area contributed by atoms with E-state index >= 15 is 0 Å². The molecule has 0 amide bonds. The maximum atomic E-state index is 6.27. The van der Waals surface area contributed by atoms with Crippen molar-refractivity contribution in [2.45, 2.75) is 59.6 Å². The number of rotatable bonds is 0. The third-order valence-electron chi connectivity index (χ3n) is 5.11. The molecule has 2 aliphatic carbocycles. The highest BCUT2D eigenvalue weighted by Crippen LogP contribution is 2.65. The molecule has 0 aromatic carbocycles. The van der Waals surface area contributed by atoms with Gasteiger partial charge in [0, 0.05) is 27.0 Å². The summed E-state index contributed by atoms with van der Waals surface area (Å²) in [6, 6.07) is 0.466. The summed E-state index contributed by atoms with van der Waals surface area (Å²) in [5.74, 6) is 2.92. The van der Waals surface area contributed by atoms with Gasteiger partial charge in [0.25, 0.3) is 0 Å². The van der Waals surface area contributed by atoms with Crippen LogP contribution in [0.1, 0.15) is 32.6 Å². The number of hydrogen-bond acceptors (Lipinski definition) is 5. The molecule has 4 fully saturated rings. The van der Waals surface area contributed by atoms with E-state index in [9.17, 15) is 0 Å². The highest BCUT2D eigenvalue weighted by Gasteiger charge is 2.55. The van der Waals surface area contributed by atoms with Crippen LogP contribution < -0.4 is 5.73 Å². The minimum atomic E-state index is 0.466. The largest absolute Gasteiger partial charge is 0.328 e. The lowest BCUT2D eigenvalue weighted by atomic mass is 9.69. The smallest absolute Gasteiger partial charge is 0.0208 e. The average molecular weight is 320 g/mol. The van der Waals surface area contributed by atoms with Crippen molar-refractivity contribution in [2.24, 2.45) is 23.5 Å². The second kappa shape index (κ2) is 4.97. The van der Waals surface area contributed by atoms with Gasteiger partial charge in [-0.15, -0.1) is 0 Å². The zero-order chi connectivity index (χ0) is 12.3. The second-order valence-electron chi connectivity index (χ2n) is 6.50. The Hall–Kier alpha value is 1.36. The van der Waals surface area contributed by atoms with Gasteiger partial charge in [-0.2, -0.15) is 0 Å². The Morgan fingerprint density at radius 2 is 1.11 bits per heavy atom. The molecule has 0 bridgehead atoms. The van der Waals surface area contributed by atoms with Gasteiger partial charge in [-0.1, -0.05) is 50.1 Å². The first-order valence-electron chi connectivity index (χ1n) is 7.12. The molecular weight excluding hydrogens is 298 g/mol. The van der Waals surface area contributed by atoms with Crippen LogP contribution in [-0.4, -0.2) is 27.0 Å². The lowest BCUT2D eigenvalue weighted by molar-refractivity contribution is 0.188. The number of hydrogen-bond donors (Lipinski definition) is 1. The van der Waals surface area contributed by atoms with Crippen molar-refractivity contribution in [3.05, 3.63) is 0 Å². The third-order valence-corrected chi connectivity index (χ3v) is 12.0. The van der Waals surface area contributed by atoms with Crippen molar-refractivity contribution in [3.8, 4) is 0 Å². The standard InChI is InChI=1S/C13H21NS4/c1-6-2-8-12-9(3-6)16-18-11-5-7(14)4-10(13(11)12)17-15-8/h6-13H,2-5,14H2,1H3. The summed E-state index contributed by atoms with van der Waals surface area (Å²) < 4.78 is 0. The first-order chi connectivity index (χ1) is 8.72. The van der Waals surface area contributed by atoms with Gasteiger partial charge in [0.05, 0.1) is 0 Å². The van der Waals surface area contributed by atoms with Crippen LogP contribution in [0.4, 0.5) is 0 Å². The van der Waals surface area contributed by atoms with Crippen LogP contribution >= 0.6 is 43.2 Å². The van der Waals surface area contributed by atoms with Crippen LogP contribution in [0.25, 0.3) is 0 Å². The molecule has 2 saturated heterocycles. The summed E-state index contributed by atoms with van der Waals surface area (Å²) in [5.41, 5.74) is 6.27. The Kier molecular flexibility index (Phi) is 3.61. The molecule has 2 N–H and O–H groups in total. The monoisotopic (exact) mass is 319 g/mol. The fraction of sp³-hybridized carbons (Fsp3) is 1.00. The van der Waals surface area contributed by atoms with Crippen molar-refractivity contribution in [3.63, 3.8) is 0 Å². The average Bonchev–Trinajstić information content (AvgIpc) is 2.34. The van der Waals surface area contributed by atoms with Gasteiger partial charge in [-0.05, 0) is 43.4 Å². The normalized spacial score (nSPS) is 59.0. The third kappa shape index (κ3) is 2.07. The summed E-state index contributed by atoms with van der Waals surface area (Å²) in [4.78, 5) is 0. The minimum Gasteiger partial charge on any atom is -0.328 e. The molecule has 4 unspecified atom stereocenters. The maximum Gasteiger partial charge on any atom is 0.0208 e. The summed E-state index contributed by atoms with van der Waals surface area (Å²) in [7, 11) is 8.82. The zero-order valence-corrected chi connectivity index (χ0v) is 13.9. The first-order valence-corrected chi connectivity index (χ1v) is 11.7. The highest BCUT2D eigenvalue weighted by atomic mass is 33.1. The quantitative estimate of drug-likeness (QED) is 0.680. The summed E-state index contributed by atoms with van der Waals surface area (Å²) in [5, 5.41) is 3.59. The van der Waals surface area contributed by atoms with E-state index in [2.05, 4.69) is 50.1 Å². The first kappa shape index (κ1) is 13.1. The van der Waals surface area contributed by atoms with Crippen molar-refractivity contribution in [1.29, 1.82) is 0 Å². The van der Waals surface area contributed by atoms with E-state index in [-0.39, 0.29) is 0 Å². The zero-order valence-electron chi connectivity index (χ0n) is 10.7. The Labute approximate surface area is 126 Å². The van der Waals surface area contributed by atoms with Gasteiger partial charge >= 0.3 is 0 Å². The summed E-state index contributed by atoms with van der Waals surface area (Å²) in [6.45, 7) is 2.46. The molecule has 4 atom stereocenters. The Morgan fingerprint density at radius 1 is 0.722 bits per heavy atom. The summed E-state index contributed by atoms with van der Waals surface area (Å²) in [6.07, 6.45) is 5.48.